The second-order valence-electron chi connectivity index (χ2n) is 8.97. The van der Waals surface area contributed by atoms with Gasteiger partial charge in [0.1, 0.15) is 17.2 Å². The van der Waals surface area contributed by atoms with Gasteiger partial charge in [-0.05, 0) is 56.0 Å². The first-order valence-corrected chi connectivity index (χ1v) is 12.1. The minimum absolute atomic E-state index is 0.0425. The maximum Gasteiger partial charge on any atom is 0.228 e. The number of likely N-dealkylation sites (tertiary alicyclic amines) is 1. The third-order valence-electron chi connectivity index (χ3n) is 6.55. The lowest BCUT2D eigenvalue weighted by atomic mass is 9.95. The van der Waals surface area contributed by atoms with Gasteiger partial charge < -0.3 is 24.0 Å². The fraction of sp³-hybridized carbons (Fsp3) is 0.481. The third kappa shape index (κ3) is 6.01. The number of carbonyl (C=O) groups is 2. The summed E-state index contributed by atoms with van der Waals surface area (Å²) in [5, 5.41) is 0. The normalized spacial score (nSPS) is 17.7. The van der Waals surface area contributed by atoms with Crippen molar-refractivity contribution < 1.29 is 23.8 Å². The lowest BCUT2D eigenvalue weighted by Crippen LogP contribution is -2.47. The van der Waals surface area contributed by atoms with Crippen LogP contribution in [0.4, 0.5) is 0 Å². The Bertz CT molecular complexity index is 976. The molecule has 2 aromatic carbocycles. The number of rotatable bonds is 10. The molecule has 2 aliphatic rings. The van der Waals surface area contributed by atoms with Gasteiger partial charge in [0.25, 0.3) is 0 Å². The molecule has 2 fully saturated rings. The van der Waals surface area contributed by atoms with Crippen LogP contribution in [0.1, 0.15) is 37.7 Å². The summed E-state index contributed by atoms with van der Waals surface area (Å²) >= 11 is 0. The van der Waals surface area contributed by atoms with Crippen molar-refractivity contribution in [3.05, 3.63) is 54.1 Å². The number of amides is 2. The highest BCUT2D eigenvalue weighted by Crippen LogP contribution is 2.34. The van der Waals surface area contributed by atoms with Gasteiger partial charge in [0.2, 0.25) is 11.8 Å². The molecule has 1 aliphatic carbocycles. The fourth-order valence-corrected chi connectivity index (χ4v) is 4.53. The highest BCUT2D eigenvalue weighted by atomic mass is 16.5. The van der Waals surface area contributed by atoms with Crippen LogP contribution < -0.4 is 14.2 Å². The van der Waals surface area contributed by atoms with E-state index in [9.17, 15) is 9.59 Å². The van der Waals surface area contributed by atoms with E-state index in [1.807, 2.05) is 58.3 Å². The lowest BCUT2D eigenvalue weighted by Gasteiger charge is -2.35. The van der Waals surface area contributed by atoms with E-state index in [4.69, 9.17) is 14.2 Å². The van der Waals surface area contributed by atoms with Crippen LogP contribution in [0.3, 0.4) is 0 Å². The monoisotopic (exact) mass is 466 g/mol. The quantitative estimate of drug-likeness (QED) is 0.531. The SMILES string of the molecule is COc1ccc(OC)c(CN(C(=O)C2CCCN(C(=O)CCOc3ccccc3)C2)C2CC2)c1. The first kappa shape index (κ1) is 23.9. The van der Waals surface area contributed by atoms with Crippen LogP contribution in [0.25, 0.3) is 0 Å². The predicted molar refractivity (Wildman–Crippen MR) is 129 cm³/mol. The van der Waals surface area contributed by atoms with E-state index >= 15 is 0 Å². The summed E-state index contributed by atoms with van der Waals surface area (Å²) in [4.78, 5) is 30.2. The molecule has 2 aromatic rings. The van der Waals surface area contributed by atoms with E-state index in [0.717, 1.165) is 48.5 Å². The molecule has 7 nitrogen and oxygen atoms in total. The van der Waals surface area contributed by atoms with Gasteiger partial charge in [0.15, 0.2) is 0 Å². The van der Waals surface area contributed by atoms with Gasteiger partial charge in [0, 0.05) is 31.2 Å². The number of methoxy groups -OCH3 is 2. The topological polar surface area (TPSA) is 68.3 Å². The largest absolute Gasteiger partial charge is 0.497 e. The molecule has 0 aromatic heterocycles. The second-order valence-corrected chi connectivity index (χ2v) is 8.97. The van der Waals surface area contributed by atoms with E-state index in [-0.39, 0.29) is 23.8 Å². The van der Waals surface area contributed by atoms with E-state index in [1.54, 1.807) is 14.2 Å². The van der Waals surface area contributed by atoms with Crippen LogP contribution >= 0.6 is 0 Å². The van der Waals surface area contributed by atoms with Crippen LogP contribution in [0.2, 0.25) is 0 Å². The maximum atomic E-state index is 13.6. The molecule has 1 aliphatic heterocycles. The summed E-state index contributed by atoms with van der Waals surface area (Å²) in [5.74, 6) is 2.25. The summed E-state index contributed by atoms with van der Waals surface area (Å²) < 4.78 is 16.6. The van der Waals surface area contributed by atoms with Crippen molar-refractivity contribution in [2.75, 3.05) is 33.9 Å². The average Bonchev–Trinajstić information content (AvgIpc) is 3.72. The van der Waals surface area contributed by atoms with E-state index < -0.39 is 0 Å². The summed E-state index contributed by atoms with van der Waals surface area (Å²) in [7, 11) is 3.27. The highest BCUT2D eigenvalue weighted by Gasteiger charge is 2.38. The third-order valence-corrected chi connectivity index (χ3v) is 6.55. The highest BCUT2D eigenvalue weighted by molar-refractivity contribution is 5.82. The first-order chi connectivity index (χ1) is 16.6. The molecule has 1 saturated carbocycles. The van der Waals surface area contributed by atoms with Crippen molar-refractivity contribution in [3.63, 3.8) is 0 Å². The summed E-state index contributed by atoms with van der Waals surface area (Å²) in [6, 6.07) is 15.4. The van der Waals surface area contributed by atoms with Crippen molar-refractivity contribution in [2.24, 2.45) is 5.92 Å². The smallest absolute Gasteiger partial charge is 0.228 e. The van der Waals surface area contributed by atoms with E-state index in [0.29, 0.717) is 32.7 Å². The van der Waals surface area contributed by atoms with Gasteiger partial charge in [-0.1, -0.05) is 18.2 Å². The Kier molecular flexibility index (Phi) is 7.93. The zero-order chi connectivity index (χ0) is 23.9. The van der Waals surface area contributed by atoms with Gasteiger partial charge in [-0.2, -0.15) is 0 Å². The Morgan fingerprint density at radius 2 is 1.79 bits per heavy atom. The van der Waals surface area contributed by atoms with Crippen LogP contribution in [-0.2, 0) is 16.1 Å². The molecule has 0 radical (unpaired) electrons. The van der Waals surface area contributed by atoms with Crippen molar-refractivity contribution in [1.29, 1.82) is 0 Å². The number of piperidine rings is 1. The zero-order valence-corrected chi connectivity index (χ0v) is 20.1. The molecule has 4 rings (SSSR count). The van der Waals surface area contributed by atoms with Crippen LogP contribution in [0, 0.1) is 5.92 Å². The molecule has 2 amide bonds. The Balaban J connectivity index is 1.36. The van der Waals surface area contributed by atoms with Crippen molar-refractivity contribution in [2.45, 2.75) is 44.7 Å². The van der Waals surface area contributed by atoms with Gasteiger partial charge in [-0.3, -0.25) is 9.59 Å². The Morgan fingerprint density at radius 3 is 2.50 bits per heavy atom. The molecular formula is C27H34N2O5. The molecule has 0 spiro atoms. The van der Waals surface area contributed by atoms with Gasteiger partial charge >= 0.3 is 0 Å². The fourth-order valence-electron chi connectivity index (χ4n) is 4.53. The van der Waals surface area contributed by atoms with Crippen LogP contribution in [-0.4, -0.2) is 61.6 Å². The second kappa shape index (κ2) is 11.3. The standard InChI is InChI=1S/C27H34N2O5/c1-32-24-12-13-25(33-2)21(17-24)19-29(22-10-11-22)27(31)20-7-6-15-28(18-20)26(30)14-16-34-23-8-4-3-5-9-23/h3-5,8-9,12-13,17,20,22H,6-7,10-11,14-16,18-19H2,1-2H3. The van der Waals surface area contributed by atoms with Crippen molar-refractivity contribution >= 4 is 11.8 Å². The molecule has 0 N–H and O–H groups in total. The van der Waals surface area contributed by atoms with Crippen LogP contribution in [0.5, 0.6) is 17.2 Å². The summed E-state index contributed by atoms with van der Waals surface area (Å²) in [6.07, 6.45) is 3.99. The van der Waals surface area contributed by atoms with E-state index in [1.165, 1.54) is 0 Å². The molecule has 1 unspecified atom stereocenters. The molecule has 1 atom stereocenters. The molecule has 1 saturated heterocycles. The Morgan fingerprint density at radius 1 is 1.00 bits per heavy atom. The number of ether oxygens (including phenoxy) is 3. The minimum Gasteiger partial charge on any atom is -0.497 e. The Hall–Kier alpha value is -3.22. The number of nitrogens with zero attached hydrogens (tertiary/aromatic N) is 2. The average molecular weight is 467 g/mol. The predicted octanol–water partition coefficient (Wildman–Crippen LogP) is 3.90. The maximum absolute atomic E-state index is 13.6. The Labute approximate surface area is 201 Å². The van der Waals surface area contributed by atoms with Crippen molar-refractivity contribution in [3.8, 4) is 17.2 Å². The zero-order valence-electron chi connectivity index (χ0n) is 20.1. The molecule has 182 valence electrons. The number of hydrogen-bond donors (Lipinski definition) is 0. The van der Waals surface area contributed by atoms with Gasteiger partial charge in [0.05, 0.1) is 33.2 Å². The summed E-state index contributed by atoms with van der Waals surface area (Å²) in [5.41, 5.74) is 0.934. The first-order valence-electron chi connectivity index (χ1n) is 12.1. The lowest BCUT2D eigenvalue weighted by molar-refractivity contribution is -0.142. The minimum atomic E-state index is -0.176. The molecule has 7 heteroatoms. The number of carbonyl (C=O) groups excluding carboxylic acids is 2. The summed E-state index contributed by atoms with van der Waals surface area (Å²) in [6.45, 7) is 1.99. The van der Waals surface area contributed by atoms with Gasteiger partial charge in [-0.25, -0.2) is 0 Å². The number of para-hydroxylation sites is 1. The van der Waals surface area contributed by atoms with Gasteiger partial charge in [-0.15, -0.1) is 0 Å². The van der Waals surface area contributed by atoms with Crippen LogP contribution in [0.15, 0.2) is 48.5 Å². The molecule has 0 bridgehead atoms. The molecular weight excluding hydrogens is 432 g/mol. The number of hydrogen-bond acceptors (Lipinski definition) is 5. The van der Waals surface area contributed by atoms with E-state index in [2.05, 4.69) is 0 Å². The molecule has 34 heavy (non-hydrogen) atoms. The van der Waals surface area contributed by atoms with Crippen molar-refractivity contribution in [1.82, 2.24) is 9.80 Å². The number of benzene rings is 2. The molecule has 1 heterocycles.